The number of carbonyl (C=O) groups is 1. The van der Waals surface area contributed by atoms with E-state index < -0.39 is 5.97 Å². The minimum absolute atomic E-state index is 0.00570. The second-order valence-electron chi connectivity index (χ2n) is 5.37. The smallest absolute Gasteiger partial charge is 0.306 e. The van der Waals surface area contributed by atoms with E-state index in [1.807, 2.05) is 31.2 Å². The maximum absolute atomic E-state index is 11.0. The zero-order valence-electron chi connectivity index (χ0n) is 10.9. The summed E-state index contributed by atoms with van der Waals surface area (Å²) in [4.78, 5) is 15.6. The van der Waals surface area contributed by atoms with E-state index in [9.17, 15) is 4.79 Å². The van der Waals surface area contributed by atoms with Crippen molar-refractivity contribution in [2.45, 2.75) is 38.3 Å². The lowest BCUT2D eigenvalue weighted by Gasteiger charge is -2.26. The van der Waals surface area contributed by atoms with Gasteiger partial charge in [0.15, 0.2) is 0 Å². The molecule has 3 rings (SSSR count). The summed E-state index contributed by atoms with van der Waals surface area (Å²) in [7, 11) is 0. The van der Waals surface area contributed by atoms with Crippen LogP contribution in [-0.2, 0) is 9.53 Å². The van der Waals surface area contributed by atoms with Gasteiger partial charge in [-0.3, -0.25) is 4.79 Å². The van der Waals surface area contributed by atoms with Gasteiger partial charge in [-0.1, -0.05) is 17.7 Å². The van der Waals surface area contributed by atoms with Crippen LogP contribution in [-0.4, -0.2) is 29.1 Å². The third kappa shape index (κ3) is 2.35. The molecule has 0 spiro atoms. The van der Waals surface area contributed by atoms with E-state index in [4.69, 9.17) is 9.84 Å². The first kappa shape index (κ1) is 12.2. The van der Waals surface area contributed by atoms with Crippen molar-refractivity contribution in [2.75, 3.05) is 0 Å². The molecule has 19 heavy (non-hydrogen) atoms. The Morgan fingerprint density at radius 3 is 2.74 bits per heavy atom. The molecule has 2 aliphatic rings. The lowest BCUT2D eigenvalue weighted by Crippen LogP contribution is -2.33. The number of carboxylic acid groups (broad SMARTS) is 1. The fraction of sp³-hybridized carbons (Fsp3) is 0.467. The van der Waals surface area contributed by atoms with Gasteiger partial charge >= 0.3 is 5.97 Å². The number of hydrogen-bond donors (Lipinski definition) is 1. The second kappa shape index (κ2) is 4.68. The third-order valence-corrected chi connectivity index (χ3v) is 3.95. The van der Waals surface area contributed by atoms with Crippen LogP contribution in [0.5, 0.6) is 0 Å². The fourth-order valence-electron chi connectivity index (χ4n) is 2.78. The summed E-state index contributed by atoms with van der Waals surface area (Å²) < 4.78 is 5.88. The maximum atomic E-state index is 11.0. The molecular weight excluding hydrogens is 242 g/mol. The molecule has 1 fully saturated rings. The Morgan fingerprint density at radius 1 is 1.32 bits per heavy atom. The number of carboxylic acids is 1. The highest BCUT2D eigenvalue weighted by molar-refractivity contribution is 5.95. The summed E-state index contributed by atoms with van der Waals surface area (Å²) in [5, 5.41) is 9.08. The molecule has 1 aromatic carbocycles. The van der Waals surface area contributed by atoms with Crippen molar-refractivity contribution < 1.29 is 14.6 Å². The summed E-state index contributed by atoms with van der Waals surface area (Å²) in [6.07, 6.45) is 2.12. The largest absolute Gasteiger partial charge is 0.481 e. The van der Waals surface area contributed by atoms with Gasteiger partial charge in [0.1, 0.15) is 6.10 Å². The van der Waals surface area contributed by atoms with Gasteiger partial charge in [0.2, 0.25) is 5.90 Å². The molecule has 3 atom stereocenters. The molecule has 4 nitrogen and oxygen atoms in total. The van der Waals surface area contributed by atoms with E-state index in [0.717, 1.165) is 12.0 Å². The summed E-state index contributed by atoms with van der Waals surface area (Å²) >= 11 is 0. The van der Waals surface area contributed by atoms with Crippen molar-refractivity contribution in [3.05, 3.63) is 35.4 Å². The first-order chi connectivity index (χ1) is 9.13. The Balaban J connectivity index is 1.78. The van der Waals surface area contributed by atoms with Crippen LogP contribution in [0.25, 0.3) is 0 Å². The van der Waals surface area contributed by atoms with Crippen molar-refractivity contribution in [1.82, 2.24) is 0 Å². The van der Waals surface area contributed by atoms with Crippen LogP contribution in [0.15, 0.2) is 29.3 Å². The highest BCUT2D eigenvalue weighted by atomic mass is 16.5. The van der Waals surface area contributed by atoms with E-state index in [0.29, 0.717) is 18.7 Å². The summed E-state index contributed by atoms with van der Waals surface area (Å²) in [6.45, 7) is 2.04. The van der Waals surface area contributed by atoms with Crippen molar-refractivity contribution in [3.63, 3.8) is 0 Å². The predicted octanol–water partition coefficient (Wildman–Crippen LogP) is 2.39. The molecule has 1 aliphatic heterocycles. The number of benzene rings is 1. The third-order valence-electron chi connectivity index (χ3n) is 3.95. The molecule has 100 valence electrons. The van der Waals surface area contributed by atoms with Gasteiger partial charge < -0.3 is 9.84 Å². The highest BCUT2D eigenvalue weighted by Gasteiger charge is 2.39. The second-order valence-corrected chi connectivity index (χ2v) is 5.37. The Morgan fingerprint density at radius 2 is 2.05 bits per heavy atom. The molecule has 0 bridgehead atoms. The van der Waals surface area contributed by atoms with E-state index in [1.54, 1.807) is 0 Å². The molecule has 0 radical (unpaired) electrons. The first-order valence-corrected chi connectivity index (χ1v) is 6.68. The first-order valence-electron chi connectivity index (χ1n) is 6.68. The molecule has 0 saturated heterocycles. The number of hydrogen-bond acceptors (Lipinski definition) is 3. The molecule has 3 unspecified atom stereocenters. The van der Waals surface area contributed by atoms with Gasteiger partial charge in [0, 0.05) is 5.56 Å². The van der Waals surface area contributed by atoms with Crippen LogP contribution in [0.3, 0.4) is 0 Å². The van der Waals surface area contributed by atoms with Crippen LogP contribution in [0.2, 0.25) is 0 Å². The van der Waals surface area contributed by atoms with Gasteiger partial charge in [-0.05, 0) is 38.3 Å². The van der Waals surface area contributed by atoms with Crippen LogP contribution in [0, 0.1) is 12.8 Å². The van der Waals surface area contributed by atoms with Crippen LogP contribution in [0.1, 0.15) is 30.4 Å². The van der Waals surface area contributed by atoms with E-state index in [1.165, 1.54) is 5.56 Å². The van der Waals surface area contributed by atoms with E-state index in [2.05, 4.69) is 4.99 Å². The molecule has 0 amide bonds. The van der Waals surface area contributed by atoms with E-state index in [-0.39, 0.29) is 18.1 Å². The molecule has 1 N–H and O–H groups in total. The number of aliphatic carboxylic acids is 1. The normalized spacial score (nSPS) is 29.3. The fourth-order valence-corrected chi connectivity index (χ4v) is 2.78. The van der Waals surface area contributed by atoms with Crippen molar-refractivity contribution in [3.8, 4) is 0 Å². The standard InChI is InChI=1S/C15H17NO3/c1-9-2-4-10(5-3-9)14-16-12-8-11(15(17)18)6-7-13(12)19-14/h2-5,11-13H,6-8H2,1H3,(H,17,18). The minimum atomic E-state index is -0.711. The lowest BCUT2D eigenvalue weighted by molar-refractivity contribution is -0.143. The van der Waals surface area contributed by atoms with Crippen molar-refractivity contribution >= 4 is 11.9 Å². The van der Waals surface area contributed by atoms with Crippen molar-refractivity contribution in [2.24, 2.45) is 10.9 Å². The SMILES string of the molecule is Cc1ccc(C2=NC3CC(C(=O)O)CCC3O2)cc1. The van der Waals surface area contributed by atoms with E-state index >= 15 is 0 Å². The minimum Gasteiger partial charge on any atom is -0.481 e. The molecule has 1 heterocycles. The van der Waals surface area contributed by atoms with Gasteiger partial charge in [-0.15, -0.1) is 0 Å². The van der Waals surface area contributed by atoms with Crippen LogP contribution in [0.4, 0.5) is 0 Å². The van der Waals surface area contributed by atoms with Crippen LogP contribution >= 0.6 is 0 Å². The highest BCUT2D eigenvalue weighted by Crippen LogP contribution is 2.33. The predicted molar refractivity (Wildman–Crippen MR) is 71.4 cm³/mol. The Hall–Kier alpha value is -1.84. The van der Waals surface area contributed by atoms with Crippen LogP contribution < -0.4 is 0 Å². The van der Waals surface area contributed by atoms with Gasteiger partial charge in [0.25, 0.3) is 0 Å². The lowest BCUT2D eigenvalue weighted by atomic mass is 9.84. The Kier molecular flexibility index (Phi) is 3.01. The zero-order chi connectivity index (χ0) is 13.4. The maximum Gasteiger partial charge on any atom is 0.306 e. The van der Waals surface area contributed by atoms with Gasteiger partial charge in [-0.2, -0.15) is 0 Å². The monoisotopic (exact) mass is 259 g/mol. The van der Waals surface area contributed by atoms with Gasteiger partial charge in [0.05, 0.1) is 12.0 Å². The molecule has 1 aromatic rings. The number of aliphatic imine (C=N–C) groups is 1. The molecule has 1 saturated carbocycles. The number of nitrogens with zero attached hydrogens (tertiary/aromatic N) is 1. The average molecular weight is 259 g/mol. The molecule has 1 aliphatic carbocycles. The van der Waals surface area contributed by atoms with Gasteiger partial charge in [-0.25, -0.2) is 4.99 Å². The summed E-state index contributed by atoms with van der Waals surface area (Å²) in [5.74, 6) is -0.315. The average Bonchev–Trinajstić information content (AvgIpc) is 2.82. The topological polar surface area (TPSA) is 58.9 Å². The summed E-state index contributed by atoms with van der Waals surface area (Å²) in [6, 6.07) is 8.07. The molecular formula is C15H17NO3. The number of rotatable bonds is 2. The Bertz CT molecular complexity index is 521. The Labute approximate surface area is 112 Å². The summed E-state index contributed by atoms with van der Waals surface area (Å²) in [5.41, 5.74) is 2.18. The zero-order valence-corrected chi connectivity index (χ0v) is 10.9. The molecule has 4 heteroatoms. The number of aryl methyl sites for hydroxylation is 1. The quantitative estimate of drug-likeness (QED) is 0.887. The number of fused-ring (bicyclic) bond motifs is 1. The van der Waals surface area contributed by atoms with Crippen molar-refractivity contribution in [1.29, 1.82) is 0 Å². The molecule has 0 aromatic heterocycles. The number of ether oxygens (including phenoxy) is 1.